The number of aromatic nitrogens is 2. The molecule has 0 saturated carbocycles. The average molecular weight is 293 g/mol. The van der Waals surface area contributed by atoms with E-state index in [9.17, 15) is 8.78 Å². The summed E-state index contributed by atoms with van der Waals surface area (Å²) in [5.74, 6) is -0.444. The lowest BCUT2D eigenvalue weighted by atomic mass is 10.1. The largest absolute Gasteiger partial charge is 0.378 e. The van der Waals surface area contributed by atoms with Crippen molar-refractivity contribution >= 4 is 5.82 Å². The topological polar surface area (TPSA) is 39.1 Å². The van der Waals surface area contributed by atoms with E-state index >= 15 is 0 Å². The van der Waals surface area contributed by atoms with E-state index in [0.717, 1.165) is 48.9 Å². The molecule has 0 bridgehead atoms. The molecule has 21 heavy (non-hydrogen) atoms. The molecule has 4 nitrogen and oxygen atoms in total. The van der Waals surface area contributed by atoms with Crippen LogP contribution in [0.3, 0.4) is 0 Å². The molecule has 0 atom stereocenters. The molecule has 1 aromatic heterocycles. The van der Waals surface area contributed by atoms with Crippen LogP contribution in [0.5, 0.6) is 0 Å². The zero-order valence-electron chi connectivity index (χ0n) is 11.8. The Bertz CT molecular complexity index is 655. The zero-order chi connectivity index (χ0) is 14.8. The molecule has 3 rings (SSSR count). The molecule has 112 valence electrons. The maximum absolute atomic E-state index is 14.0. The Morgan fingerprint density at radius 2 is 2.19 bits per heavy atom. The van der Waals surface area contributed by atoms with E-state index in [1.54, 1.807) is 7.11 Å². The number of rotatable bonds is 3. The summed E-state index contributed by atoms with van der Waals surface area (Å²) >= 11 is 0. The normalized spacial score (nSPS) is 14.4. The molecule has 1 N–H and O–H groups in total. The van der Waals surface area contributed by atoms with Gasteiger partial charge in [-0.2, -0.15) is 5.10 Å². The van der Waals surface area contributed by atoms with Gasteiger partial charge in [-0.15, -0.1) is 0 Å². The predicted octanol–water partition coefficient (Wildman–Crippen LogP) is 3.05. The average Bonchev–Trinajstić information content (AvgIpc) is 2.64. The quantitative estimate of drug-likeness (QED) is 0.945. The number of halogens is 2. The van der Waals surface area contributed by atoms with E-state index < -0.39 is 11.6 Å². The standard InChI is InChI=1S/C15H17F2N3O/c1-21-9-13-11-4-2-3-7-18-15(11)20(19-13)14-6-5-10(16)8-12(14)17/h5-6,8,18H,2-4,7,9H2,1H3. The Labute approximate surface area is 121 Å². The molecule has 6 heteroatoms. The van der Waals surface area contributed by atoms with Gasteiger partial charge >= 0.3 is 0 Å². The summed E-state index contributed by atoms with van der Waals surface area (Å²) in [4.78, 5) is 0. The Balaban J connectivity index is 2.13. The fourth-order valence-corrected chi connectivity index (χ4v) is 2.65. The van der Waals surface area contributed by atoms with Crippen molar-refractivity contribution in [2.24, 2.45) is 0 Å². The van der Waals surface area contributed by atoms with E-state index in [2.05, 4.69) is 10.4 Å². The molecule has 0 fully saturated rings. The molecule has 0 amide bonds. The van der Waals surface area contributed by atoms with Crippen molar-refractivity contribution in [3.8, 4) is 5.69 Å². The smallest absolute Gasteiger partial charge is 0.151 e. The summed E-state index contributed by atoms with van der Waals surface area (Å²) in [7, 11) is 1.61. The third kappa shape index (κ3) is 2.63. The number of anilines is 1. The number of hydrogen-bond donors (Lipinski definition) is 1. The minimum absolute atomic E-state index is 0.240. The number of fused-ring (bicyclic) bond motifs is 1. The van der Waals surface area contributed by atoms with Crippen LogP contribution in [0, 0.1) is 11.6 Å². The van der Waals surface area contributed by atoms with Gasteiger partial charge in [0.25, 0.3) is 0 Å². The third-order valence-electron chi connectivity index (χ3n) is 3.63. The zero-order valence-corrected chi connectivity index (χ0v) is 11.8. The number of nitrogens with one attached hydrogen (secondary N) is 1. The van der Waals surface area contributed by atoms with E-state index in [-0.39, 0.29) is 5.69 Å². The fraction of sp³-hybridized carbons (Fsp3) is 0.400. The molecular weight excluding hydrogens is 276 g/mol. The van der Waals surface area contributed by atoms with E-state index in [1.165, 1.54) is 16.8 Å². The summed E-state index contributed by atoms with van der Waals surface area (Å²) in [5.41, 5.74) is 2.09. The van der Waals surface area contributed by atoms with Crippen molar-refractivity contribution in [1.82, 2.24) is 9.78 Å². The van der Waals surface area contributed by atoms with Crippen molar-refractivity contribution < 1.29 is 13.5 Å². The number of benzene rings is 1. The highest BCUT2D eigenvalue weighted by atomic mass is 19.1. The highest BCUT2D eigenvalue weighted by Gasteiger charge is 2.21. The first-order chi connectivity index (χ1) is 10.2. The van der Waals surface area contributed by atoms with Gasteiger partial charge in [0.15, 0.2) is 5.82 Å². The highest BCUT2D eigenvalue weighted by Crippen LogP contribution is 2.29. The number of hydrogen-bond acceptors (Lipinski definition) is 3. The van der Waals surface area contributed by atoms with Crippen molar-refractivity contribution in [2.45, 2.75) is 25.9 Å². The second kappa shape index (κ2) is 5.81. The first kappa shape index (κ1) is 14.0. The van der Waals surface area contributed by atoms with Gasteiger partial charge in [-0.3, -0.25) is 0 Å². The van der Waals surface area contributed by atoms with Crippen molar-refractivity contribution in [3.05, 3.63) is 41.1 Å². The Morgan fingerprint density at radius 1 is 1.33 bits per heavy atom. The van der Waals surface area contributed by atoms with Gasteiger partial charge < -0.3 is 10.1 Å². The van der Waals surface area contributed by atoms with E-state index in [1.807, 2.05) is 0 Å². The molecule has 1 aromatic carbocycles. The molecule has 0 unspecified atom stereocenters. The monoisotopic (exact) mass is 293 g/mol. The molecule has 0 aliphatic carbocycles. The van der Waals surface area contributed by atoms with Gasteiger partial charge in [0.1, 0.15) is 17.3 Å². The highest BCUT2D eigenvalue weighted by molar-refractivity contribution is 5.54. The molecule has 0 saturated heterocycles. The Morgan fingerprint density at radius 3 is 2.95 bits per heavy atom. The van der Waals surface area contributed by atoms with Crippen molar-refractivity contribution in [2.75, 3.05) is 19.0 Å². The van der Waals surface area contributed by atoms with Crippen LogP contribution in [0.25, 0.3) is 5.69 Å². The Hall–Kier alpha value is -1.95. The molecule has 1 aliphatic rings. The predicted molar refractivity (Wildman–Crippen MR) is 75.6 cm³/mol. The van der Waals surface area contributed by atoms with E-state index in [4.69, 9.17) is 4.74 Å². The van der Waals surface area contributed by atoms with Crippen LogP contribution >= 0.6 is 0 Å². The summed E-state index contributed by atoms with van der Waals surface area (Å²) in [6.07, 6.45) is 2.98. The van der Waals surface area contributed by atoms with Crippen LogP contribution in [0.1, 0.15) is 24.1 Å². The Kier molecular flexibility index (Phi) is 3.88. The maximum atomic E-state index is 14.0. The lowest BCUT2D eigenvalue weighted by molar-refractivity contribution is 0.180. The SMILES string of the molecule is COCc1nn(-c2ccc(F)cc2F)c2c1CCCCN2. The lowest BCUT2D eigenvalue weighted by Crippen LogP contribution is -2.08. The minimum Gasteiger partial charge on any atom is -0.378 e. The van der Waals surface area contributed by atoms with Crippen LogP contribution in [-0.2, 0) is 17.8 Å². The van der Waals surface area contributed by atoms with Gasteiger partial charge in [-0.05, 0) is 31.4 Å². The second-order valence-corrected chi connectivity index (χ2v) is 5.10. The van der Waals surface area contributed by atoms with Gasteiger partial charge in [-0.1, -0.05) is 0 Å². The maximum Gasteiger partial charge on any atom is 0.151 e. The van der Waals surface area contributed by atoms with Crippen LogP contribution in [0.4, 0.5) is 14.6 Å². The number of ether oxygens (including phenoxy) is 1. The third-order valence-corrected chi connectivity index (χ3v) is 3.63. The van der Waals surface area contributed by atoms with Crippen LogP contribution < -0.4 is 5.32 Å². The van der Waals surface area contributed by atoms with Crippen LogP contribution in [0.15, 0.2) is 18.2 Å². The molecule has 0 spiro atoms. The molecule has 2 aromatic rings. The second-order valence-electron chi connectivity index (χ2n) is 5.10. The van der Waals surface area contributed by atoms with Crippen LogP contribution in [0.2, 0.25) is 0 Å². The van der Waals surface area contributed by atoms with Gasteiger partial charge in [0, 0.05) is 25.3 Å². The molecular formula is C15H17F2N3O. The van der Waals surface area contributed by atoms with Gasteiger partial charge in [-0.25, -0.2) is 13.5 Å². The molecule has 0 radical (unpaired) electrons. The number of methoxy groups -OCH3 is 1. The molecule has 2 heterocycles. The number of nitrogens with zero attached hydrogens (tertiary/aromatic N) is 2. The molecule has 1 aliphatic heterocycles. The summed E-state index contributed by atoms with van der Waals surface area (Å²) < 4.78 is 33.8. The fourth-order valence-electron chi connectivity index (χ4n) is 2.65. The van der Waals surface area contributed by atoms with Gasteiger partial charge in [0.05, 0.1) is 12.3 Å². The van der Waals surface area contributed by atoms with Gasteiger partial charge in [0.2, 0.25) is 0 Å². The first-order valence-electron chi connectivity index (χ1n) is 6.99. The summed E-state index contributed by atoms with van der Waals surface area (Å²) in [6, 6.07) is 3.51. The summed E-state index contributed by atoms with van der Waals surface area (Å²) in [6.45, 7) is 1.19. The van der Waals surface area contributed by atoms with E-state index in [0.29, 0.717) is 6.61 Å². The first-order valence-corrected chi connectivity index (χ1v) is 6.99. The lowest BCUT2D eigenvalue weighted by Gasteiger charge is -2.10. The summed E-state index contributed by atoms with van der Waals surface area (Å²) in [5, 5.41) is 7.75. The van der Waals surface area contributed by atoms with Crippen molar-refractivity contribution in [1.29, 1.82) is 0 Å². The van der Waals surface area contributed by atoms with Crippen molar-refractivity contribution in [3.63, 3.8) is 0 Å². The minimum atomic E-state index is -0.629. The van der Waals surface area contributed by atoms with Crippen LogP contribution in [-0.4, -0.2) is 23.4 Å².